The van der Waals surface area contributed by atoms with Gasteiger partial charge in [0.2, 0.25) is 11.8 Å². The molecule has 2 fully saturated rings. The molecule has 28 heavy (non-hydrogen) atoms. The number of carbonyl (C=O) groups is 2. The average molecular weight is 381 g/mol. The molecule has 0 aliphatic carbocycles. The Hall–Kier alpha value is -2.67. The maximum Gasteiger partial charge on any atom is 0.244 e. The third kappa shape index (κ3) is 3.42. The Morgan fingerprint density at radius 2 is 1.93 bits per heavy atom. The first kappa shape index (κ1) is 18.7. The van der Waals surface area contributed by atoms with Gasteiger partial charge < -0.3 is 9.80 Å². The topological polar surface area (TPSA) is 61.7 Å². The van der Waals surface area contributed by atoms with E-state index >= 15 is 0 Å². The lowest BCUT2D eigenvalue weighted by Crippen LogP contribution is -2.47. The first-order valence-electron chi connectivity index (χ1n) is 9.71. The molecule has 0 radical (unpaired) electrons. The monoisotopic (exact) mass is 381 g/mol. The fourth-order valence-electron chi connectivity index (χ4n) is 4.70. The van der Waals surface area contributed by atoms with E-state index in [-0.39, 0.29) is 24.3 Å². The van der Waals surface area contributed by atoms with E-state index in [1.54, 1.807) is 22.0 Å². The van der Waals surface area contributed by atoms with Crippen LogP contribution in [0, 0.1) is 11.3 Å². The van der Waals surface area contributed by atoms with Gasteiger partial charge in [0.25, 0.3) is 0 Å². The number of benzene rings is 1. The van der Waals surface area contributed by atoms with Crippen molar-refractivity contribution in [3.05, 3.63) is 54.4 Å². The van der Waals surface area contributed by atoms with Gasteiger partial charge in [-0.05, 0) is 11.6 Å². The second-order valence-corrected chi connectivity index (χ2v) is 8.19. The number of hydrogen-bond acceptors (Lipinski definition) is 4. The maximum atomic E-state index is 13.2. The number of aromatic nitrogens is 2. The van der Waals surface area contributed by atoms with Crippen molar-refractivity contribution < 1.29 is 9.59 Å². The molecule has 4 rings (SSSR count). The van der Waals surface area contributed by atoms with Crippen molar-refractivity contribution in [1.82, 2.24) is 24.5 Å². The first-order chi connectivity index (χ1) is 13.5. The van der Waals surface area contributed by atoms with Crippen molar-refractivity contribution in [1.29, 1.82) is 0 Å². The molecule has 2 aliphatic rings. The Kier molecular flexibility index (Phi) is 4.93. The van der Waals surface area contributed by atoms with Gasteiger partial charge in [0, 0.05) is 65.1 Å². The summed E-state index contributed by atoms with van der Waals surface area (Å²) in [6.07, 6.45) is 3.46. The number of likely N-dealkylation sites (tertiary alicyclic amines) is 2. The number of amides is 2. The minimum absolute atomic E-state index is 0.0265. The normalized spacial score (nSPS) is 24.4. The van der Waals surface area contributed by atoms with Crippen LogP contribution >= 0.6 is 0 Å². The van der Waals surface area contributed by atoms with E-state index in [0.717, 1.165) is 13.1 Å². The smallest absolute Gasteiger partial charge is 0.244 e. The summed E-state index contributed by atoms with van der Waals surface area (Å²) in [7, 11) is 3.62. The molecule has 2 amide bonds. The summed E-state index contributed by atoms with van der Waals surface area (Å²) >= 11 is 0. The number of carbonyl (C=O) groups excluding carboxylic acids is 2. The van der Waals surface area contributed by atoms with Gasteiger partial charge >= 0.3 is 0 Å². The van der Waals surface area contributed by atoms with Crippen molar-refractivity contribution in [2.24, 2.45) is 11.3 Å². The summed E-state index contributed by atoms with van der Waals surface area (Å²) < 4.78 is 1.64. The molecule has 2 aromatic rings. The molecule has 1 aromatic carbocycles. The van der Waals surface area contributed by atoms with Crippen LogP contribution in [0.3, 0.4) is 0 Å². The Bertz CT molecular complexity index is 836. The van der Waals surface area contributed by atoms with Crippen LogP contribution < -0.4 is 0 Å². The van der Waals surface area contributed by atoms with Crippen LogP contribution in [0.2, 0.25) is 0 Å². The molecule has 1 aromatic heterocycles. The summed E-state index contributed by atoms with van der Waals surface area (Å²) in [5, 5.41) is 4.13. The SMILES string of the molecule is CN(C)C(=O)[C@]12CN(Cc3ccccc3)C[C@H]1CN(C(=O)Cn1cccn1)C2. The molecule has 0 saturated carbocycles. The fourth-order valence-corrected chi connectivity index (χ4v) is 4.70. The number of nitrogens with zero attached hydrogens (tertiary/aromatic N) is 5. The standard InChI is InChI=1S/C21H27N5O2/c1-23(2)20(28)21-15-24(11-17-7-4-3-5-8-17)12-18(21)13-25(16-21)19(27)14-26-10-6-9-22-26/h3-10,18H,11-16H2,1-2H3/t18-,21-/m0/s1. The van der Waals surface area contributed by atoms with Gasteiger partial charge in [0.15, 0.2) is 0 Å². The van der Waals surface area contributed by atoms with E-state index in [1.807, 2.05) is 43.3 Å². The zero-order valence-electron chi connectivity index (χ0n) is 16.5. The van der Waals surface area contributed by atoms with E-state index in [1.165, 1.54) is 5.56 Å². The third-order valence-electron chi connectivity index (χ3n) is 5.97. The second-order valence-electron chi connectivity index (χ2n) is 8.19. The van der Waals surface area contributed by atoms with Crippen LogP contribution in [-0.4, -0.2) is 76.6 Å². The van der Waals surface area contributed by atoms with Crippen LogP contribution in [0.15, 0.2) is 48.8 Å². The molecule has 0 N–H and O–H groups in total. The quantitative estimate of drug-likeness (QED) is 0.773. The van der Waals surface area contributed by atoms with Crippen LogP contribution in [-0.2, 0) is 22.7 Å². The van der Waals surface area contributed by atoms with E-state index < -0.39 is 5.41 Å². The summed E-state index contributed by atoms with van der Waals surface area (Å²) in [5.74, 6) is 0.314. The number of rotatable bonds is 5. The Morgan fingerprint density at radius 3 is 2.61 bits per heavy atom. The van der Waals surface area contributed by atoms with Gasteiger partial charge in [-0.3, -0.25) is 19.2 Å². The van der Waals surface area contributed by atoms with Crippen molar-refractivity contribution in [2.45, 2.75) is 13.1 Å². The molecule has 148 valence electrons. The van der Waals surface area contributed by atoms with Gasteiger partial charge in [-0.15, -0.1) is 0 Å². The predicted octanol–water partition coefficient (Wildman–Crippen LogP) is 0.932. The molecule has 3 heterocycles. The van der Waals surface area contributed by atoms with Crippen LogP contribution in [0.4, 0.5) is 0 Å². The highest BCUT2D eigenvalue weighted by Gasteiger charge is 2.58. The maximum absolute atomic E-state index is 13.2. The lowest BCUT2D eigenvalue weighted by atomic mass is 9.80. The summed E-state index contributed by atoms with van der Waals surface area (Å²) in [4.78, 5) is 31.8. The first-order valence-corrected chi connectivity index (χ1v) is 9.71. The average Bonchev–Trinajstić information content (AvgIpc) is 3.37. The summed E-state index contributed by atoms with van der Waals surface area (Å²) in [6.45, 7) is 3.70. The third-order valence-corrected chi connectivity index (χ3v) is 5.97. The Labute approximate surface area is 165 Å². The van der Waals surface area contributed by atoms with Crippen molar-refractivity contribution in [2.75, 3.05) is 40.3 Å². The highest BCUT2D eigenvalue weighted by molar-refractivity contribution is 5.86. The van der Waals surface area contributed by atoms with Gasteiger partial charge in [-0.25, -0.2) is 0 Å². The van der Waals surface area contributed by atoms with Crippen LogP contribution in [0.25, 0.3) is 0 Å². The molecule has 7 heteroatoms. The predicted molar refractivity (Wildman–Crippen MR) is 105 cm³/mol. The van der Waals surface area contributed by atoms with E-state index in [0.29, 0.717) is 19.6 Å². The highest BCUT2D eigenvalue weighted by Crippen LogP contribution is 2.44. The second kappa shape index (κ2) is 7.39. The molecule has 2 aliphatic heterocycles. The van der Waals surface area contributed by atoms with Crippen LogP contribution in [0.1, 0.15) is 5.56 Å². The van der Waals surface area contributed by atoms with Crippen molar-refractivity contribution >= 4 is 11.8 Å². The molecular formula is C21H27N5O2. The summed E-state index contributed by atoms with van der Waals surface area (Å²) in [6, 6.07) is 12.2. The largest absolute Gasteiger partial charge is 0.348 e. The lowest BCUT2D eigenvalue weighted by molar-refractivity contribution is -0.140. The summed E-state index contributed by atoms with van der Waals surface area (Å²) in [5.41, 5.74) is 0.736. The lowest BCUT2D eigenvalue weighted by Gasteiger charge is -2.31. The number of hydrogen-bond donors (Lipinski definition) is 0. The van der Waals surface area contributed by atoms with Gasteiger partial charge in [-0.2, -0.15) is 5.10 Å². The zero-order chi connectivity index (χ0) is 19.7. The zero-order valence-corrected chi connectivity index (χ0v) is 16.5. The van der Waals surface area contributed by atoms with Crippen LogP contribution in [0.5, 0.6) is 0 Å². The van der Waals surface area contributed by atoms with E-state index in [9.17, 15) is 9.59 Å². The minimum Gasteiger partial charge on any atom is -0.348 e. The molecule has 7 nitrogen and oxygen atoms in total. The molecule has 2 saturated heterocycles. The molecule has 0 spiro atoms. The minimum atomic E-state index is -0.516. The van der Waals surface area contributed by atoms with Gasteiger partial charge in [-0.1, -0.05) is 30.3 Å². The Morgan fingerprint density at radius 1 is 1.14 bits per heavy atom. The molecule has 0 bridgehead atoms. The van der Waals surface area contributed by atoms with Gasteiger partial charge in [0.05, 0.1) is 5.41 Å². The molecule has 2 atom stereocenters. The highest BCUT2D eigenvalue weighted by atomic mass is 16.2. The number of fused-ring (bicyclic) bond motifs is 1. The van der Waals surface area contributed by atoms with E-state index in [2.05, 4.69) is 22.1 Å². The van der Waals surface area contributed by atoms with Gasteiger partial charge in [0.1, 0.15) is 6.54 Å². The van der Waals surface area contributed by atoms with E-state index in [4.69, 9.17) is 0 Å². The Balaban J connectivity index is 1.50. The fraction of sp³-hybridized carbons (Fsp3) is 0.476. The van der Waals surface area contributed by atoms with Crippen molar-refractivity contribution in [3.8, 4) is 0 Å². The van der Waals surface area contributed by atoms with Crippen molar-refractivity contribution in [3.63, 3.8) is 0 Å². The molecular weight excluding hydrogens is 354 g/mol. The molecule has 0 unspecified atom stereocenters.